The monoisotopic (exact) mass is 336 g/mol. The van der Waals surface area contributed by atoms with Crippen molar-refractivity contribution in [2.24, 2.45) is 0 Å². The molecule has 1 aromatic heterocycles. The van der Waals surface area contributed by atoms with Gasteiger partial charge in [-0.3, -0.25) is 4.79 Å². The molecular weight excluding hydrogens is 316 g/mol. The number of rotatable bonds is 6. The van der Waals surface area contributed by atoms with E-state index in [1.165, 1.54) is 6.92 Å². The predicted octanol–water partition coefficient (Wildman–Crippen LogP) is 3.45. The van der Waals surface area contributed by atoms with Crippen LogP contribution in [0, 0.1) is 0 Å². The van der Waals surface area contributed by atoms with Gasteiger partial charge >= 0.3 is 0 Å². The van der Waals surface area contributed by atoms with Gasteiger partial charge in [-0.15, -0.1) is 0 Å². The number of carbonyl (C=O) groups is 1. The lowest BCUT2D eigenvalue weighted by Gasteiger charge is -2.12. The van der Waals surface area contributed by atoms with E-state index in [9.17, 15) is 4.79 Å². The van der Waals surface area contributed by atoms with Crippen LogP contribution in [0.25, 0.3) is 5.69 Å². The van der Waals surface area contributed by atoms with Crippen LogP contribution in [0.2, 0.25) is 0 Å². The van der Waals surface area contributed by atoms with Crippen molar-refractivity contribution in [3.8, 4) is 11.4 Å². The van der Waals surface area contributed by atoms with Crippen molar-refractivity contribution in [3.05, 3.63) is 66.7 Å². The molecule has 1 amide bonds. The molecule has 3 rings (SSSR count). The zero-order valence-corrected chi connectivity index (χ0v) is 14.2. The average Bonchev–Trinajstić information content (AvgIpc) is 3.15. The van der Waals surface area contributed by atoms with E-state index in [0.717, 1.165) is 16.9 Å². The fraction of sp³-hybridized carbons (Fsp3) is 0.158. The molecule has 0 bridgehead atoms. The Morgan fingerprint density at radius 3 is 2.64 bits per heavy atom. The van der Waals surface area contributed by atoms with Gasteiger partial charge in [-0.1, -0.05) is 12.1 Å². The Hall–Kier alpha value is -3.28. The molecule has 0 spiro atoms. The van der Waals surface area contributed by atoms with Crippen LogP contribution in [0.5, 0.6) is 5.75 Å². The van der Waals surface area contributed by atoms with Crippen molar-refractivity contribution in [3.63, 3.8) is 0 Å². The number of nitrogens with zero attached hydrogens (tertiary/aromatic N) is 2. The maximum absolute atomic E-state index is 11.2. The van der Waals surface area contributed by atoms with Crippen LogP contribution in [0.1, 0.15) is 12.5 Å². The summed E-state index contributed by atoms with van der Waals surface area (Å²) in [5, 5.41) is 6.10. The minimum absolute atomic E-state index is 0.128. The largest absolute Gasteiger partial charge is 0.494 e. The molecular formula is C19H20N4O2. The number of methoxy groups -OCH3 is 1. The first kappa shape index (κ1) is 16.6. The van der Waals surface area contributed by atoms with E-state index in [4.69, 9.17) is 4.74 Å². The molecule has 2 aromatic carbocycles. The summed E-state index contributed by atoms with van der Waals surface area (Å²) >= 11 is 0. The third-order valence-corrected chi connectivity index (χ3v) is 3.75. The van der Waals surface area contributed by atoms with E-state index in [1.807, 2.05) is 29.0 Å². The molecule has 6 heteroatoms. The zero-order chi connectivity index (χ0) is 17.6. The topological polar surface area (TPSA) is 68.2 Å². The number of carbonyl (C=O) groups excluding carboxylic acids is 1. The second kappa shape index (κ2) is 7.53. The first-order valence-corrected chi connectivity index (χ1v) is 7.92. The Balaban J connectivity index is 1.66. The molecule has 0 fully saturated rings. The second-order valence-electron chi connectivity index (χ2n) is 5.59. The fourth-order valence-electron chi connectivity index (χ4n) is 2.50. The number of hydrogen-bond acceptors (Lipinski definition) is 4. The van der Waals surface area contributed by atoms with Gasteiger partial charge in [0, 0.05) is 43.3 Å². The highest BCUT2D eigenvalue weighted by Crippen LogP contribution is 2.28. The number of aromatic nitrogens is 2. The number of ether oxygens (including phenoxy) is 1. The van der Waals surface area contributed by atoms with E-state index in [1.54, 1.807) is 19.6 Å². The first-order chi connectivity index (χ1) is 12.2. The van der Waals surface area contributed by atoms with Crippen molar-refractivity contribution in [1.29, 1.82) is 0 Å². The van der Waals surface area contributed by atoms with E-state index in [2.05, 4.69) is 39.9 Å². The number of amides is 1. The summed E-state index contributed by atoms with van der Waals surface area (Å²) in [6, 6.07) is 13.9. The summed E-state index contributed by atoms with van der Waals surface area (Å²) in [6.45, 7) is 2.16. The van der Waals surface area contributed by atoms with Crippen LogP contribution in [-0.2, 0) is 11.3 Å². The molecule has 0 atom stereocenters. The highest BCUT2D eigenvalue weighted by atomic mass is 16.5. The van der Waals surface area contributed by atoms with Crippen molar-refractivity contribution < 1.29 is 9.53 Å². The molecule has 25 heavy (non-hydrogen) atoms. The van der Waals surface area contributed by atoms with Crippen molar-refractivity contribution in [1.82, 2.24) is 9.55 Å². The van der Waals surface area contributed by atoms with Gasteiger partial charge in [0.2, 0.25) is 5.91 Å². The summed E-state index contributed by atoms with van der Waals surface area (Å²) in [6.07, 6.45) is 5.44. The maximum Gasteiger partial charge on any atom is 0.221 e. The summed E-state index contributed by atoms with van der Waals surface area (Å²) in [5.74, 6) is 0.493. The molecule has 0 radical (unpaired) electrons. The predicted molar refractivity (Wildman–Crippen MR) is 98.2 cm³/mol. The number of anilines is 2. The third-order valence-electron chi connectivity index (χ3n) is 3.75. The van der Waals surface area contributed by atoms with Crippen molar-refractivity contribution >= 4 is 17.3 Å². The van der Waals surface area contributed by atoms with E-state index >= 15 is 0 Å². The summed E-state index contributed by atoms with van der Waals surface area (Å²) in [4.78, 5) is 15.3. The van der Waals surface area contributed by atoms with Gasteiger partial charge in [0.15, 0.2) is 0 Å². The smallest absolute Gasteiger partial charge is 0.221 e. The van der Waals surface area contributed by atoms with Gasteiger partial charge < -0.3 is 19.9 Å². The Labute approximate surface area is 146 Å². The van der Waals surface area contributed by atoms with Gasteiger partial charge in [-0.25, -0.2) is 4.98 Å². The maximum atomic E-state index is 11.2. The number of imidazole rings is 1. The Bertz CT molecular complexity index is 842. The van der Waals surface area contributed by atoms with Crippen LogP contribution in [-0.4, -0.2) is 22.6 Å². The minimum Gasteiger partial charge on any atom is -0.494 e. The number of benzene rings is 2. The lowest BCUT2D eigenvalue weighted by atomic mass is 10.2. The van der Waals surface area contributed by atoms with Gasteiger partial charge in [0.1, 0.15) is 5.75 Å². The second-order valence-corrected chi connectivity index (χ2v) is 5.59. The van der Waals surface area contributed by atoms with Crippen LogP contribution < -0.4 is 15.4 Å². The molecule has 3 aromatic rings. The number of nitrogens with one attached hydrogen (secondary N) is 2. The Kier molecular flexibility index (Phi) is 4.99. The lowest BCUT2D eigenvalue weighted by molar-refractivity contribution is -0.114. The Morgan fingerprint density at radius 1 is 1.20 bits per heavy atom. The summed E-state index contributed by atoms with van der Waals surface area (Å²) in [5.41, 5.74) is 3.81. The molecule has 0 saturated heterocycles. The molecule has 0 unspecified atom stereocenters. The third kappa shape index (κ3) is 4.17. The van der Waals surface area contributed by atoms with E-state index in [0.29, 0.717) is 18.0 Å². The molecule has 0 aliphatic rings. The standard InChI is InChI=1S/C19H20N4O2/c1-14(24)22-18-8-5-16(11-19(18)25-2)21-12-15-3-6-17(7-4-15)23-10-9-20-13-23/h3-11,13,21H,12H2,1-2H3,(H,22,24). The highest BCUT2D eigenvalue weighted by molar-refractivity contribution is 5.90. The normalized spacial score (nSPS) is 10.3. The number of hydrogen-bond donors (Lipinski definition) is 2. The molecule has 6 nitrogen and oxygen atoms in total. The van der Waals surface area contributed by atoms with E-state index in [-0.39, 0.29) is 5.91 Å². The molecule has 1 heterocycles. The van der Waals surface area contributed by atoms with Gasteiger partial charge in [-0.05, 0) is 29.8 Å². The summed E-state index contributed by atoms with van der Waals surface area (Å²) in [7, 11) is 1.58. The summed E-state index contributed by atoms with van der Waals surface area (Å²) < 4.78 is 7.29. The van der Waals surface area contributed by atoms with E-state index < -0.39 is 0 Å². The van der Waals surface area contributed by atoms with Crippen LogP contribution in [0.3, 0.4) is 0 Å². The lowest BCUT2D eigenvalue weighted by Crippen LogP contribution is -2.07. The average molecular weight is 336 g/mol. The van der Waals surface area contributed by atoms with Crippen LogP contribution in [0.4, 0.5) is 11.4 Å². The quantitative estimate of drug-likeness (QED) is 0.723. The SMILES string of the molecule is COc1cc(NCc2ccc(-n3ccnc3)cc2)ccc1NC(C)=O. The van der Waals surface area contributed by atoms with Crippen LogP contribution in [0.15, 0.2) is 61.2 Å². The highest BCUT2D eigenvalue weighted by Gasteiger charge is 2.06. The molecule has 128 valence electrons. The van der Waals surface area contributed by atoms with Crippen molar-refractivity contribution in [2.75, 3.05) is 17.7 Å². The van der Waals surface area contributed by atoms with Crippen LogP contribution >= 0.6 is 0 Å². The first-order valence-electron chi connectivity index (χ1n) is 7.92. The molecule has 2 N–H and O–H groups in total. The Morgan fingerprint density at radius 2 is 2.00 bits per heavy atom. The molecule has 0 aliphatic carbocycles. The minimum atomic E-state index is -0.128. The molecule has 0 saturated carbocycles. The molecule has 0 aliphatic heterocycles. The zero-order valence-electron chi connectivity index (χ0n) is 14.2. The fourth-order valence-corrected chi connectivity index (χ4v) is 2.50. The van der Waals surface area contributed by atoms with Crippen molar-refractivity contribution in [2.45, 2.75) is 13.5 Å². The van der Waals surface area contributed by atoms with Gasteiger partial charge in [-0.2, -0.15) is 0 Å². The van der Waals surface area contributed by atoms with Gasteiger partial charge in [0.25, 0.3) is 0 Å². The van der Waals surface area contributed by atoms with Gasteiger partial charge in [0.05, 0.1) is 19.1 Å².